The molecule has 1 aliphatic rings. The fourth-order valence-electron chi connectivity index (χ4n) is 2.18. The number of benzene rings is 1. The summed E-state index contributed by atoms with van der Waals surface area (Å²) in [6.45, 7) is 4.20. The number of aliphatic carboxylic acids is 1. The lowest BCUT2D eigenvalue weighted by Gasteiger charge is -2.34. The summed E-state index contributed by atoms with van der Waals surface area (Å²) in [6, 6.07) is 6.40. The largest absolute Gasteiger partial charge is 0.481 e. The Labute approximate surface area is 123 Å². The van der Waals surface area contributed by atoms with E-state index in [9.17, 15) is 9.59 Å². The molecule has 0 spiro atoms. The first-order valence-corrected chi connectivity index (χ1v) is 6.83. The van der Waals surface area contributed by atoms with Crippen molar-refractivity contribution in [3.63, 3.8) is 0 Å². The SMILES string of the molecule is Cc1ccc(O[C@@H](C)C(=O)N2CCOC[C@@H]2C(=O)O)cc1. The molecule has 1 fully saturated rings. The van der Waals surface area contributed by atoms with Gasteiger partial charge in [0, 0.05) is 6.54 Å². The predicted molar refractivity (Wildman–Crippen MR) is 75.2 cm³/mol. The molecule has 1 aliphatic heterocycles. The van der Waals surface area contributed by atoms with Crippen LogP contribution in [-0.4, -0.2) is 53.8 Å². The molecule has 1 N–H and O–H groups in total. The Balaban J connectivity index is 2.03. The fourth-order valence-corrected chi connectivity index (χ4v) is 2.18. The zero-order chi connectivity index (χ0) is 15.4. The maximum absolute atomic E-state index is 12.4. The number of carboxylic acids is 1. The zero-order valence-corrected chi connectivity index (χ0v) is 12.1. The normalized spacial score (nSPS) is 19.9. The Hall–Kier alpha value is -2.08. The van der Waals surface area contributed by atoms with Gasteiger partial charge in [-0.1, -0.05) is 17.7 Å². The maximum Gasteiger partial charge on any atom is 0.328 e. The second-order valence-electron chi connectivity index (χ2n) is 5.03. The molecule has 21 heavy (non-hydrogen) atoms. The van der Waals surface area contributed by atoms with E-state index < -0.39 is 18.1 Å². The van der Waals surface area contributed by atoms with Gasteiger partial charge in [-0.05, 0) is 26.0 Å². The molecule has 1 aromatic carbocycles. The van der Waals surface area contributed by atoms with E-state index in [0.29, 0.717) is 12.4 Å². The molecule has 2 rings (SSSR count). The fraction of sp³-hybridized carbons (Fsp3) is 0.467. The summed E-state index contributed by atoms with van der Waals surface area (Å²) in [5.74, 6) is -0.821. The summed E-state index contributed by atoms with van der Waals surface area (Å²) in [4.78, 5) is 24.8. The van der Waals surface area contributed by atoms with Crippen LogP contribution in [0.3, 0.4) is 0 Å². The van der Waals surface area contributed by atoms with Crippen molar-refractivity contribution in [3.05, 3.63) is 29.8 Å². The van der Waals surface area contributed by atoms with Gasteiger partial charge in [0.15, 0.2) is 12.1 Å². The number of hydrogen-bond acceptors (Lipinski definition) is 4. The standard InChI is InChI=1S/C15H19NO5/c1-10-3-5-12(6-4-10)21-11(2)14(17)16-7-8-20-9-13(16)15(18)19/h3-6,11,13H,7-9H2,1-2H3,(H,18,19)/t11-,13+/m0/s1. The first kappa shape index (κ1) is 15.3. The van der Waals surface area contributed by atoms with E-state index in [-0.39, 0.29) is 19.1 Å². The molecule has 1 amide bonds. The molecule has 1 heterocycles. The molecule has 6 nitrogen and oxygen atoms in total. The Morgan fingerprint density at radius 2 is 2.05 bits per heavy atom. The summed E-state index contributed by atoms with van der Waals surface area (Å²) in [5.41, 5.74) is 1.10. The third-order valence-electron chi connectivity index (χ3n) is 3.38. The predicted octanol–water partition coefficient (Wildman–Crippen LogP) is 1.07. The van der Waals surface area contributed by atoms with Gasteiger partial charge in [-0.25, -0.2) is 4.79 Å². The molecule has 114 valence electrons. The zero-order valence-electron chi connectivity index (χ0n) is 12.1. The van der Waals surface area contributed by atoms with Crippen LogP contribution in [0, 0.1) is 6.92 Å². The van der Waals surface area contributed by atoms with Crippen molar-refractivity contribution in [1.82, 2.24) is 4.90 Å². The third kappa shape index (κ3) is 3.72. The van der Waals surface area contributed by atoms with E-state index in [2.05, 4.69) is 0 Å². The van der Waals surface area contributed by atoms with Crippen molar-refractivity contribution in [1.29, 1.82) is 0 Å². The smallest absolute Gasteiger partial charge is 0.328 e. The number of ether oxygens (including phenoxy) is 2. The first-order valence-electron chi connectivity index (χ1n) is 6.83. The van der Waals surface area contributed by atoms with E-state index in [0.717, 1.165) is 5.56 Å². The first-order chi connectivity index (χ1) is 9.99. The molecular formula is C15H19NO5. The summed E-state index contributed by atoms with van der Waals surface area (Å²) < 4.78 is 10.7. The van der Waals surface area contributed by atoms with E-state index in [1.807, 2.05) is 19.1 Å². The molecule has 0 saturated carbocycles. The van der Waals surface area contributed by atoms with Gasteiger partial charge in [-0.15, -0.1) is 0 Å². The number of carboxylic acid groups (broad SMARTS) is 1. The van der Waals surface area contributed by atoms with Crippen LogP contribution in [0.5, 0.6) is 5.75 Å². The highest BCUT2D eigenvalue weighted by Crippen LogP contribution is 2.16. The number of rotatable bonds is 4. The summed E-state index contributed by atoms with van der Waals surface area (Å²) in [5, 5.41) is 9.14. The molecular weight excluding hydrogens is 274 g/mol. The minimum absolute atomic E-state index is 0.0122. The van der Waals surface area contributed by atoms with Gasteiger partial charge in [0.2, 0.25) is 0 Å². The number of aryl methyl sites for hydroxylation is 1. The Bertz CT molecular complexity index is 513. The van der Waals surface area contributed by atoms with Crippen molar-refractivity contribution >= 4 is 11.9 Å². The number of morpholine rings is 1. The lowest BCUT2D eigenvalue weighted by Crippen LogP contribution is -2.55. The van der Waals surface area contributed by atoms with Gasteiger partial charge in [0.05, 0.1) is 13.2 Å². The lowest BCUT2D eigenvalue weighted by atomic mass is 10.2. The van der Waals surface area contributed by atoms with Crippen LogP contribution >= 0.6 is 0 Å². The molecule has 0 aliphatic carbocycles. The monoisotopic (exact) mass is 293 g/mol. The lowest BCUT2D eigenvalue weighted by molar-refractivity contribution is -0.161. The number of nitrogens with zero attached hydrogens (tertiary/aromatic N) is 1. The molecule has 0 radical (unpaired) electrons. The summed E-state index contributed by atoms with van der Waals surface area (Å²) in [6.07, 6.45) is -0.743. The Kier molecular flexibility index (Phi) is 4.80. The molecule has 1 aromatic rings. The van der Waals surface area contributed by atoms with Crippen molar-refractivity contribution in [3.8, 4) is 5.75 Å². The van der Waals surface area contributed by atoms with Crippen LogP contribution < -0.4 is 4.74 Å². The number of carbonyl (C=O) groups is 2. The Morgan fingerprint density at radius 3 is 2.67 bits per heavy atom. The van der Waals surface area contributed by atoms with Crippen LogP contribution in [0.1, 0.15) is 12.5 Å². The third-order valence-corrected chi connectivity index (χ3v) is 3.38. The van der Waals surface area contributed by atoms with Gasteiger partial charge in [0.1, 0.15) is 5.75 Å². The Morgan fingerprint density at radius 1 is 1.38 bits per heavy atom. The maximum atomic E-state index is 12.4. The van der Waals surface area contributed by atoms with Crippen molar-refractivity contribution < 1.29 is 24.2 Å². The molecule has 0 unspecified atom stereocenters. The quantitative estimate of drug-likeness (QED) is 0.899. The average Bonchev–Trinajstić information content (AvgIpc) is 2.48. The van der Waals surface area contributed by atoms with E-state index in [1.54, 1.807) is 19.1 Å². The highest BCUT2D eigenvalue weighted by Gasteiger charge is 2.35. The van der Waals surface area contributed by atoms with Crippen molar-refractivity contribution in [2.24, 2.45) is 0 Å². The van der Waals surface area contributed by atoms with E-state index in [1.165, 1.54) is 4.90 Å². The van der Waals surface area contributed by atoms with Crippen molar-refractivity contribution in [2.45, 2.75) is 26.0 Å². The van der Waals surface area contributed by atoms with Gasteiger partial charge < -0.3 is 19.5 Å². The molecule has 6 heteroatoms. The van der Waals surface area contributed by atoms with Gasteiger partial charge in [0.25, 0.3) is 5.91 Å². The van der Waals surface area contributed by atoms with Gasteiger partial charge in [-0.2, -0.15) is 0 Å². The second-order valence-corrected chi connectivity index (χ2v) is 5.03. The van der Waals surface area contributed by atoms with Crippen LogP contribution in [-0.2, 0) is 14.3 Å². The number of hydrogen-bond donors (Lipinski definition) is 1. The van der Waals surface area contributed by atoms with Crippen LogP contribution in [0.4, 0.5) is 0 Å². The van der Waals surface area contributed by atoms with Crippen LogP contribution in [0.25, 0.3) is 0 Å². The van der Waals surface area contributed by atoms with Gasteiger partial charge >= 0.3 is 5.97 Å². The summed E-state index contributed by atoms with van der Waals surface area (Å²) >= 11 is 0. The minimum atomic E-state index is -1.06. The van der Waals surface area contributed by atoms with Gasteiger partial charge in [-0.3, -0.25) is 4.79 Å². The molecule has 1 saturated heterocycles. The molecule has 2 atom stereocenters. The van der Waals surface area contributed by atoms with E-state index >= 15 is 0 Å². The van der Waals surface area contributed by atoms with Crippen LogP contribution in [0.15, 0.2) is 24.3 Å². The molecule has 0 aromatic heterocycles. The minimum Gasteiger partial charge on any atom is -0.481 e. The summed E-state index contributed by atoms with van der Waals surface area (Å²) in [7, 11) is 0. The number of carbonyl (C=O) groups excluding carboxylic acids is 1. The van der Waals surface area contributed by atoms with Crippen LogP contribution in [0.2, 0.25) is 0 Å². The van der Waals surface area contributed by atoms with E-state index in [4.69, 9.17) is 14.6 Å². The van der Waals surface area contributed by atoms with Crippen molar-refractivity contribution in [2.75, 3.05) is 19.8 Å². The number of amides is 1. The average molecular weight is 293 g/mol. The molecule has 0 bridgehead atoms. The second kappa shape index (κ2) is 6.58. The highest BCUT2D eigenvalue weighted by molar-refractivity contribution is 5.86. The topological polar surface area (TPSA) is 76.1 Å². The highest BCUT2D eigenvalue weighted by atomic mass is 16.5.